The van der Waals surface area contributed by atoms with Crippen molar-refractivity contribution in [1.29, 1.82) is 0 Å². The third-order valence-electron chi connectivity index (χ3n) is 6.42. The summed E-state index contributed by atoms with van der Waals surface area (Å²) < 4.78 is 6.89. The number of hydrogen-bond acceptors (Lipinski definition) is 7. The molecule has 9 heteroatoms. The van der Waals surface area contributed by atoms with E-state index in [9.17, 15) is 9.59 Å². The number of ether oxygens (including phenoxy) is 1. The fourth-order valence-corrected chi connectivity index (χ4v) is 4.58. The Balaban J connectivity index is 1.21. The maximum atomic E-state index is 13.2. The van der Waals surface area contributed by atoms with Gasteiger partial charge in [-0.05, 0) is 30.7 Å². The van der Waals surface area contributed by atoms with Crippen molar-refractivity contribution in [2.75, 3.05) is 38.2 Å². The van der Waals surface area contributed by atoms with Crippen LogP contribution in [0.15, 0.2) is 71.5 Å². The lowest BCUT2D eigenvalue weighted by Crippen LogP contribution is -2.54. The number of hydrazine groups is 1. The Labute approximate surface area is 197 Å². The normalized spacial score (nSPS) is 20.4. The maximum Gasteiger partial charge on any atom is 0.271 e. The van der Waals surface area contributed by atoms with Gasteiger partial charge in [-0.15, -0.1) is 5.10 Å². The number of benzene rings is 2. The van der Waals surface area contributed by atoms with Crippen LogP contribution < -0.4 is 26.0 Å². The van der Waals surface area contributed by atoms with E-state index in [1.807, 2.05) is 59.5 Å². The Bertz CT molecular complexity index is 1210. The third kappa shape index (κ3) is 4.40. The molecule has 2 unspecified atom stereocenters. The molecule has 5 rings (SSSR count). The van der Waals surface area contributed by atoms with Crippen molar-refractivity contribution in [2.45, 2.75) is 18.5 Å². The lowest BCUT2D eigenvalue weighted by molar-refractivity contribution is -0.133. The highest BCUT2D eigenvalue weighted by molar-refractivity contribution is 5.82. The molecule has 2 saturated heterocycles. The molecule has 2 aliphatic heterocycles. The van der Waals surface area contributed by atoms with Gasteiger partial charge in [-0.25, -0.2) is 10.9 Å². The molecule has 1 aromatic heterocycles. The van der Waals surface area contributed by atoms with Crippen molar-refractivity contribution in [3.8, 4) is 11.4 Å². The highest BCUT2D eigenvalue weighted by Gasteiger charge is 2.35. The second-order valence-electron chi connectivity index (χ2n) is 8.46. The fourth-order valence-electron chi connectivity index (χ4n) is 4.58. The van der Waals surface area contributed by atoms with Gasteiger partial charge in [0.25, 0.3) is 5.56 Å². The second kappa shape index (κ2) is 9.66. The Hall–Kier alpha value is -3.69. The molecular weight excluding hydrogens is 432 g/mol. The molecule has 3 aromatic rings. The average molecular weight is 461 g/mol. The van der Waals surface area contributed by atoms with Crippen LogP contribution in [0.25, 0.3) is 5.69 Å². The number of amides is 1. The largest absolute Gasteiger partial charge is 0.496 e. The first kappa shape index (κ1) is 22.1. The molecule has 176 valence electrons. The zero-order valence-corrected chi connectivity index (χ0v) is 19.1. The second-order valence-corrected chi connectivity index (χ2v) is 8.46. The summed E-state index contributed by atoms with van der Waals surface area (Å²) in [7, 11) is 1.66. The molecule has 0 bridgehead atoms. The number of carbonyl (C=O) groups is 1. The Morgan fingerprint density at radius 1 is 0.941 bits per heavy atom. The number of nitrogens with one attached hydrogen (secondary N) is 2. The van der Waals surface area contributed by atoms with E-state index >= 15 is 0 Å². The van der Waals surface area contributed by atoms with Gasteiger partial charge in [0, 0.05) is 37.8 Å². The minimum atomic E-state index is -0.292. The lowest BCUT2D eigenvalue weighted by Gasteiger charge is -2.36. The van der Waals surface area contributed by atoms with Gasteiger partial charge >= 0.3 is 0 Å². The van der Waals surface area contributed by atoms with Crippen LogP contribution in [0.5, 0.6) is 5.75 Å². The van der Waals surface area contributed by atoms with Crippen LogP contribution in [0.2, 0.25) is 0 Å². The van der Waals surface area contributed by atoms with Crippen LogP contribution >= 0.6 is 0 Å². The summed E-state index contributed by atoms with van der Waals surface area (Å²) in [5.41, 5.74) is 8.01. The van der Waals surface area contributed by atoms with Crippen LogP contribution in [-0.2, 0) is 4.79 Å². The van der Waals surface area contributed by atoms with Crippen LogP contribution in [0.4, 0.5) is 5.82 Å². The van der Waals surface area contributed by atoms with E-state index in [0.29, 0.717) is 32.6 Å². The van der Waals surface area contributed by atoms with E-state index in [4.69, 9.17) is 4.74 Å². The molecule has 2 aliphatic rings. The zero-order valence-electron chi connectivity index (χ0n) is 19.1. The van der Waals surface area contributed by atoms with E-state index in [1.165, 1.54) is 4.68 Å². The summed E-state index contributed by atoms with van der Waals surface area (Å²) in [4.78, 5) is 29.5. The van der Waals surface area contributed by atoms with Crippen molar-refractivity contribution < 1.29 is 9.53 Å². The number of anilines is 1. The minimum Gasteiger partial charge on any atom is -0.496 e. The number of rotatable bonds is 5. The topological polar surface area (TPSA) is 91.7 Å². The predicted molar refractivity (Wildman–Crippen MR) is 129 cm³/mol. The van der Waals surface area contributed by atoms with Crippen molar-refractivity contribution in [3.05, 3.63) is 82.6 Å². The first-order chi connectivity index (χ1) is 16.6. The van der Waals surface area contributed by atoms with E-state index in [2.05, 4.69) is 20.9 Å². The summed E-state index contributed by atoms with van der Waals surface area (Å²) in [6.07, 6.45) is 0.656. The van der Waals surface area contributed by atoms with Gasteiger partial charge in [-0.1, -0.05) is 36.4 Å². The smallest absolute Gasteiger partial charge is 0.271 e. The molecule has 1 amide bonds. The molecule has 3 heterocycles. The van der Waals surface area contributed by atoms with Crippen molar-refractivity contribution in [2.24, 2.45) is 0 Å². The first-order valence-electron chi connectivity index (χ1n) is 11.5. The van der Waals surface area contributed by atoms with Crippen molar-refractivity contribution in [3.63, 3.8) is 0 Å². The molecule has 2 fully saturated rings. The van der Waals surface area contributed by atoms with Crippen LogP contribution in [0.1, 0.15) is 18.0 Å². The number of para-hydroxylation sites is 2. The highest BCUT2D eigenvalue weighted by atomic mass is 16.5. The summed E-state index contributed by atoms with van der Waals surface area (Å²) >= 11 is 0. The fraction of sp³-hybridized carbons (Fsp3) is 0.320. The predicted octanol–water partition coefficient (Wildman–Crippen LogP) is 1.50. The van der Waals surface area contributed by atoms with E-state index < -0.39 is 0 Å². The van der Waals surface area contributed by atoms with Gasteiger partial charge in [-0.2, -0.15) is 4.68 Å². The molecule has 34 heavy (non-hydrogen) atoms. The lowest BCUT2D eigenvalue weighted by atomic mass is 10.0. The number of nitrogens with zero attached hydrogens (tertiary/aromatic N) is 4. The highest BCUT2D eigenvalue weighted by Crippen LogP contribution is 2.30. The summed E-state index contributed by atoms with van der Waals surface area (Å²) in [6.45, 7) is 2.51. The molecule has 0 aliphatic carbocycles. The molecule has 2 atom stereocenters. The summed E-state index contributed by atoms with van der Waals surface area (Å²) in [5.74, 6) is 1.63. The van der Waals surface area contributed by atoms with E-state index in [1.54, 1.807) is 19.2 Å². The number of methoxy groups -OCH3 is 1. The summed E-state index contributed by atoms with van der Waals surface area (Å²) in [5, 5.41) is 4.57. The molecule has 0 spiro atoms. The molecule has 0 radical (unpaired) electrons. The van der Waals surface area contributed by atoms with Gasteiger partial charge in [0.2, 0.25) is 5.91 Å². The standard InChI is InChI=1S/C25H28N6O3/c1-34-22-10-6-5-9-19(22)20-17-21(27-26-20)25(33)30-15-13-29(14-16-30)23-11-12-24(32)31(28-23)18-7-3-2-4-8-18/h2-12,20-21,26-27H,13-17H2,1H3. The van der Waals surface area contributed by atoms with Crippen LogP contribution in [-0.4, -0.2) is 59.9 Å². The molecular formula is C25H28N6O3. The maximum absolute atomic E-state index is 13.2. The van der Waals surface area contributed by atoms with Gasteiger partial charge in [0.1, 0.15) is 17.6 Å². The summed E-state index contributed by atoms with van der Waals surface area (Å²) in [6, 6.07) is 20.2. The minimum absolute atomic E-state index is 0.00891. The number of aromatic nitrogens is 2. The van der Waals surface area contributed by atoms with Crippen molar-refractivity contribution >= 4 is 11.7 Å². The molecule has 2 aromatic carbocycles. The Morgan fingerprint density at radius 3 is 2.44 bits per heavy atom. The number of hydrogen-bond donors (Lipinski definition) is 2. The average Bonchev–Trinajstić information content (AvgIpc) is 3.39. The Kier molecular flexibility index (Phi) is 6.29. The third-order valence-corrected chi connectivity index (χ3v) is 6.42. The van der Waals surface area contributed by atoms with Crippen molar-refractivity contribution in [1.82, 2.24) is 25.5 Å². The molecule has 9 nitrogen and oxygen atoms in total. The van der Waals surface area contributed by atoms with Crippen LogP contribution in [0.3, 0.4) is 0 Å². The van der Waals surface area contributed by atoms with Crippen LogP contribution in [0, 0.1) is 0 Å². The van der Waals surface area contributed by atoms with E-state index in [0.717, 1.165) is 22.8 Å². The van der Waals surface area contributed by atoms with Gasteiger partial charge in [0.15, 0.2) is 0 Å². The van der Waals surface area contributed by atoms with Gasteiger partial charge < -0.3 is 14.5 Å². The van der Waals surface area contributed by atoms with Gasteiger partial charge in [-0.3, -0.25) is 9.59 Å². The quantitative estimate of drug-likeness (QED) is 0.596. The number of piperazine rings is 1. The molecule has 0 saturated carbocycles. The SMILES string of the molecule is COc1ccccc1C1CC(C(=O)N2CCN(c3ccc(=O)n(-c4ccccc4)n3)CC2)NN1. The Morgan fingerprint density at radius 2 is 1.68 bits per heavy atom. The van der Waals surface area contributed by atoms with Gasteiger partial charge in [0.05, 0.1) is 18.8 Å². The monoisotopic (exact) mass is 460 g/mol. The number of carbonyl (C=O) groups excluding carboxylic acids is 1. The molecule has 2 N–H and O–H groups in total. The van der Waals surface area contributed by atoms with E-state index in [-0.39, 0.29) is 23.6 Å². The zero-order chi connectivity index (χ0) is 23.5. The first-order valence-corrected chi connectivity index (χ1v) is 11.5.